The number of aliphatic carboxylic acids is 1. The molecule has 1 amide bonds. The SMILES string of the molecule is CCC(C)NCC(=O)NCCCCC(=O)O. The molecule has 0 bridgehead atoms. The molecular weight excluding hydrogens is 208 g/mol. The highest BCUT2D eigenvalue weighted by Gasteiger charge is 2.03. The summed E-state index contributed by atoms with van der Waals surface area (Å²) in [5, 5.41) is 14.2. The molecule has 0 rings (SSSR count). The Bertz CT molecular complexity index is 219. The Balaban J connectivity index is 3.33. The summed E-state index contributed by atoms with van der Waals surface area (Å²) in [5.41, 5.74) is 0. The first-order chi connectivity index (χ1) is 7.56. The normalized spacial score (nSPS) is 12.1. The number of carboxylic acid groups (broad SMARTS) is 1. The maximum absolute atomic E-state index is 11.3. The van der Waals surface area contributed by atoms with Crippen LogP contribution in [-0.4, -0.2) is 36.1 Å². The minimum Gasteiger partial charge on any atom is -0.481 e. The zero-order valence-electron chi connectivity index (χ0n) is 10.1. The van der Waals surface area contributed by atoms with E-state index in [0.29, 0.717) is 32.0 Å². The number of amides is 1. The zero-order valence-corrected chi connectivity index (χ0v) is 10.1. The first kappa shape index (κ1) is 14.9. The van der Waals surface area contributed by atoms with Gasteiger partial charge in [0.1, 0.15) is 0 Å². The number of carbonyl (C=O) groups is 2. The molecule has 16 heavy (non-hydrogen) atoms. The minimum atomic E-state index is -0.787. The van der Waals surface area contributed by atoms with Gasteiger partial charge in [0.2, 0.25) is 5.91 Å². The quantitative estimate of drug-likeness (QED) is 0.511. The molecule has 0 aliphatic rings. The highest BCUT2D eigenvalue weighted by Crippen LogP contribution is 1.93. The van der Waals surface area contributed by atoms with Gasteiger partial charge in [0.05, 0.1) is 6.54 Å². The van der Waals surface area contributed by atoms with Crippen LogP contribution in [0.2, 0.25) is 0 Å². The van der Waals surface area contributed by atoms with E-state index in [1.54, 1.807) is 0 Å². The molecule has 0 saturated heterocycles. The van der Waals surface area contributed by atoms with Gasteiger partial charge in [0, 0.05) is 19.0 Å². The fraction of sp³-hybridized carbons (Fsp3) is 0.818. The van der Waals surface area contributed by atoms with E-state index >= 15 is 0 Å². The second kappa shape index (κ2) is 9.15. The Morgan fingerprint density at radius 3 is 2.56 bits per heavy atom. The fourth-order valence-corrected chi connectivity index (χ4v) is 1.10. The largest absolute Gasteiger partial charge is 0.481 e. The van der Waals surface area contributed by atoms with E-state index in [4.69, 9.17) is 5.11 Å². The highest BCUT2D eigenvalue weighted by molar-refractivity contribution is 5.77. The number of rotatable bonds is 9. The van der Waals surface area contributed by atoms with Gasteiger partial charge in [0.15, 0.2) is 0 Å². The van der Waals surface area contributed by atoms with Crippen molar-refractivity contribution in [3.63, 3.8) is 0 Å². The average Bonchev–Trinajstić information content (AvgIpc) is 2.24. The zero-order chi connectivity index (χ0) is 12.4. The van der Waals surface area contributed by atoms with Crippen molar-refractivity contribution in [2.24, 2.45) is 0 Å². The van der Waals surface area contributed by atoms with Crippen LogP contribution in [0.25, 0.3) is 0 Å². The molecule has 0 radical (unpaired) electrons. The molecule has 0 fully saturated rings. The molecule has 94 valence electrons. The van der Waals surface area contributed by atoms with Crippen LogP contribution in [-0.2, 0) is 9.59 Å². The first-order valence-corrected chi connectivity index (χ1v) is 5.78. The number of hydrogen-bond acceptors (Lipinski definition) is 3. The van der Waals surface area contributed by atoms with Crippen LogP contribution in [0.1, 0.15) is 39.5 Å². The second-order valence-corrected chi connectivity index (χ2v) is 3.89. The molecule has 1 unspecified atom stereocenters. The molecular formula is C11H22N2O3. The summed E-state index contributed by atoms with van der Waals surface area (Å²) in [4.78, 5) is 21.5. The van der Waals surface area contributed by atoms with Crippen molar-refractivity contribution in [3.05, 3.63) is 0 Å². The second-order valence-electron chi connectivity index (χ2n) is 3.89. The van der Waals surface area contributed by atoms with Crippen LogP contribution in [0.3, 0.4) is 0 Å². The van der Waals surface area contributed by atoms with Gasteiger partial charge in [-0.2, -0.15) is 0 Å². The molecule has 0 aromatic rings. The van der Waals surface area contributed by atoms with Crippen molar-refractivity contribution < 1.29 is 14.7 Å². The standard InChI is InChI=1S/C11H22N2O3/c1-3-9(2)13-8-10(14)12-7-5-4-6-11(15)16/h9,13H,3-8H2,1-2H3,(H,12,14)(H,15,16). The maximum Gasteiger partial charge on any atom is 0.303 e. The molecule has 0 aromatic carbocycles. The van der Waals surface area contributed by atoms with Gasteiger partial charge in [-0.1, -0.05) is 6.92 Å². The number of carbonyl (C=O) groups excluding carboxylic acids is 1. The third kappa shape index (κ3) is 9.45. The van der Waals surface area contributed by atoms with Crippen LogP contribution in [0.5, 0.6) is 0 Å². The van der Waals surface area contributed by atoms with Crippen molar-refractivity contribution in [2.75, 3.05) is 13.1 Å². The Kier molecular flexibility index (Phi) is 8.52. The van der Waals surface area contributed by atoms with Gasteiger partial charge in [-0.15, -0.1) is 0 Å². The number of unbranched alkanes of at least 4 members (excludes halogenated alkanes) is 1. The summed E-state index contributed by atoms with van der Waals surface area (Å²) in [6, 6.07) is 0.345. The van der Waals surface area contributed by atoms with Crippen molar-refractivity contribution in [1.82, 2.24) is 10.6 Å². The lowest BCUT2D eigenvalue weighted by Crippen LogP contribution is -2.38. The molecule has 0 spiro atoms. The van der Waals surface area contributed by atoms with Crippen LogP contribution in [0.4, 0.5) is 0 Å². The molecule has 0 heterocycles. The van der Waals surface area contributed by atoms with E-state index in [0.717, 1.165) is 6.42 Å². The maximum atomic E-state index is 11.3. The summed E-state index contributed by atoms with van der Waals surface area (Å²) >= 11 is 0. The van der Waals surface area contributed by atoms with Crippen LogP contribution < -0.4 is 10.6 Å². The van der Waals surface area contributed by atoms with Gasteiger partial charge >= 0.3 is 5.97 Å². The predicted octanol–water partition coefficient (Wildman–Crippen LogP) is 0.746. The average molecular weight is 230 g/mol. The van der Waals surface area contributed by atoms with E-state index in [1.807, 2.05) is 6.92 Å². The van der Waals surface area contributed by atoms with E-state index in [-0.39, 0.29) is 12.3 Å². The molecule has 3 N–H and O–H groups in total. The summed E-state index contributed by atoms with van der Waals surface area (Å²) in [6.07, 6.45) is 2.47. The Labute approximate surface area is 96.6 Å². The lowest BCUT2D eigenvalue weighted by Gasteiger charge is -2.10. The number of nitrogens with one attached hydrogen (secondary N) is 2. The van der Waals surface area contributed by atoms with Crippen molar-refractivity contribution in [1.29, 1.82) is 0 Å². The van der Waals surface area contributed by atoms with Crippen LogP contribution >= 0.6 is 0 Å². The topological polar surface area (TPSA) is 78.4 Å². The molecule has 0 aliphatic carbocycles. The number of hydrogen-bond donors (Lipinski definition) is 3. The monoisotopic (exact) mass is 230 g/mol. The van der Waals surface area contributed by atoms with Crippen LogP contribution in [0, 0.1) is 0 Å². The molecule has 5 nitrogen and oxygen atoms in total. The minimum absolute atomic E-state index is 0.0318. The summed E-state index contributed by atoms with van der Waals surface area (Å²) in [5.74, 6) is -0.819. The Morgan fingerprint density at radius 2 is 2.00 bits per heavy atom. The number of carboxylic acids is 1. The van der Waals surface area contributed by atoms with E-state index < -0.39 is 5.97 Å². The van der Waals surface area contributed by atoms with Gasteiger partial charge < -0.3 is 15.7 Å². The lowest BCUT2D eigenvalue weighted by molar-refractivity contribution is -0.137. The summed E-state index contributed by atoms with van der Waals surface area (Å²) in [6.45, 7) is 4.96. The summed E-state index contributed by atoms with van der Waals surface area (Å²) < 4.78 is 0. The third-order valence-electron chi connectivity index (χ3n) is 2.36. The third-order valence-corrected chi connectivity index (χ3v) is 2.36. The van der Waals surface area contributed by atoms with E-state index in [2.05, 4.69) is 17.6 Å². The van der Waals surface area contributed by atoms with Gasteiger partial charge in [0.25, 0.3) is 0 Å². The Morgan fingerprint density at radius 1 is 1.31 bits per heavy atom. The molecule has 0 saturated carbocycles. The predicted molar refractivity (Wildman–Crippen MR) is 62.3 cm³/mol. The van der Waals surface area contributed by atoms with Crippen molar-refractivity contribution in [3.8, 4) is 0 Å². The fourth-order valence-electron chi connectivity index (χ4n) is 1.10. The first-order valence-electron chi connectivity index (χ1n) is 5.78. The Hall–Kier alpha value is -1.10. The van der Waals surface area contributed by atoms with Crippen molar-refractivity contribution in [2.45, 2.75) is 45.6 Å². The lowest BCUT2D eigenvalue weighted by atomic mass is 10.2. The highest BCUT2D eigenvalue weighted by atomic mass is 16.4. The molecule has 0 aliphatic heterocycles. The smallest absolute Gasteiger partial charge is 0.303 e. The van der Waals surface area contributed by atoms with Crippen LogP contribution in [0.15, 0.2) is 0 Å². The van der Waals surface area contributed by atoms with E-state index in [9.17, 15) is 9.59 Å². The van der Waals surface area contributed by atoms with Gasteiger partial charge in [-0.25, -0.2) is 0 Å². The molecule has 5 heteroatoms. The summed E-state index contributed by atoms with van der Waals surface area (Å²) in [7, 11) is 0. The van der Waals surface area contributed by atoms with Crippen molar-refractivity contribution >= 4 is 11.9 Å². The van der Waals surface area contributed by atoms with Gasteiger partial charge in [-0.3, -0.25) is 9.59 Å². The van der Waals surface area contributed by atoms with E-state index in [1.165, 1.54) is 0 Å². The van der Waals surface area contributed by atoms with Gasteiger partial charge in [-0.05, 0) is 26.2 Å². The molecule has 1 atom stereocenters. The molecule has 0 aromatic heterocycles.